The van der Waals surface area contributed by atoms with Crippen LogP contribution in [-0.4, -0.2) is 58.4 Å². The number of amides is 1. The SMILES string of the molecule is O=C(CN1CCN(c2cc3nc[nH]c(=O)c3cc2[N+](=O)[O-])CC1)NCc1ccccc1. The second-order valence-corrected chi connectivity index (χ2v) is 7.37. The molecule has 2 N–H and O–H groups in total. The van der Waals surface area contributed by atoms with Crippen LogP contribution in [0.5, 0.6) is 0 Å². The van der Waals surface area contributed by atoms with Crippen molar-refractivity contribution in [2.75, 3.05) is 37.6 Å². The van der Waals surface area contributed by atoms with Gasteiger partial charge in [-0.3, -0.25) is 24.6 Å². The van der Waals surface area contributed by atoms with Gasteiger partial charge in [-0.1, -0.05) is 30.3 Å². The highest BCUT2D eigenvalue weighted by atomic mass is 16.6. The van der Waals surface area contributed by atoms with E-state index in [1.807, 2.05) is 40.1 Å². The Hall–Kier alpha value is -3.79. The van der Waals surface area contributed by atoms with Crippen molar-refractivity contribution in [1.29, 1.82) is 0 Å². The number of nitrogens with zero attached hydrogens (tertiary/aromatic N) is 4. The average Bonchev–Trinajstić information content (AvgIpc) is 2.78. The number of nitrogens with one attached hydrogen (secondary N) is 2. The van der Waals surface area contributed by atoms with E-state index in [4.69, 9.17) is 0 Å². The van der Waals surface area contributed by atoms with Crippen LogP contribution >= 0.6 is 0 Å². The van der Waals surface area contributed by atoms with Gasteiger partial charge in [0.15, 0.2) is 0 Å². The molecule has 1 aliphatic heterocycles. The normalized spacial score (nSPS) is 14.5. The molecule has 0 saturated carbocycles. The Morgan fingerprint density at radius 1 is 1.16 bits per heavy atom. The quantitative estimate of drug-likeness (QED) is 0.453. The van der Waals surface area contributed by atoms with Crippen LogP contribution in [0.3, 0.4) is 0 Å². The molecule has 0 spiro atoms. The third kappa shape index (κ3) is 4.69. The van der Waals surface area contributed by atoms with Gasteiger partial charge in [0.25, 0.3) is 11.2 Å². The number of nitro benzene ring substituents is 1. The Kier molecular flexibility index (Phi) is 5.89. The first-order valence-electron chi connectivity index (χ1n) is 9.95. The fourth-order valence-electron chi connectivity index (χ4n) is 3.69. The number of carbonyl (C=O) groups excluding carboxylic acids is 1. The molecule has 4 rings (SSSR count). The third-order valence-electron chi connectivity index (χ3n) is 5.35. The van der Waals surface area contributed by atoms with E-state index in [-0.39, 0.29) is 23.5 Å². The van der Waals surface area contributed by atoms with Crippen molar-refractivity contribution in [1.82, 2.24) is 20.2 Å². The summed E-state index contributed by atoms with van der Waals surface area (Å²) in [5.74, 6) is -0.0580. The number of fused-ring (bicyclic) bond motifs is 1. The highest BCUT2D eigenvalue weighted by Crippen LogP contribution is 2.31. The summed E-state index contributed by atoms with van der Waals surface area (Å²) in [6, 6.07) is 12.6. The summed E-state index contributed by atoms with van der Waals surface area (Å²) in [6.45, 7) is 3.00. The van der Waals surface area contributed by atoms with Gasteiger partial charge in [-0.15, -0.1) is 0 Å². The number of aromatic amines is 1. The number of carbonyl (C=O) groups is 1. The van der Waals surface area contributed by atoms with E-state index in [0.29, 0.717) is 43.9 Å². The molecule has 1 aliphatic rings. The van der Waals surface area contributed by atoms with Crippen LogP contribution < -0.4 is 15.8 Å². The molecule has 0 bridgehead atoms. The van der Waals surface area contributed by atoms with Crippen LogP contribution in [0, 0.1) is 10.1 Å². The van der Waals surface area contributed by atoms with E-state index >= 15 is 0 Å². The van der Waals surface area contributed by atoms with Crippen molar-refractivity contribution >= 4 is 28.2 Å². The van der Waals surface area contributed by atoms with Crippen LogP contribution in [0.4, 0.5) is 11.4 Å². The van der Waals surface area contributed by atoms with Crippen LogP contribution in [-0.2, 0) is 11.3 Å². The summed E-state index contributed by atoms with van der Waals surface area (Å²) in [4.78, 5) is 45.8. The van der Waals surface area contributed by atoms with Crippen molar-refractivity contribution in [3.63, 3.8) is 0 Å². The minimum absolute atomic E-state index is 0.0580. The molecule has 1 saturated heterocycles. The van der Waals surface area contributed by atoms with Crippen molar-refractivity contribution in [3.05, 3.63) is 74.8 Å². The lowest BCUT2D eigenvalue weighted by Gasteiger charge is -2.35. The number of aromatic nitrogens is 2. The second kappa shape index (κ2) is 8.92. The molecule has 1 aromatic heterocycles. The zero-order valence-electron chi connectivity index (χ0n) is 16.8. The molecular formula is C21H22N6O4. The Morgan fingerprint density at radius 2 is 1.90 bits per heavy atom. The summed E-state index contributed by atoms with van der Waals surface area (Å²) in [7, 11) is 0. The maximum absolute atomic E-state index is 12.3. The zero-order chi connectivity index (χ0) is 21.8. The van der Waals surface area contributed by atoms with Gasteiger partial charge >= 0.3 is 0 Å². The van der Waals surface area contributed by atoms with E-state index in [0.717, 1.165) is 5.56 Å². The van der Waals surface area contributed by atoms with Crippen molar-refractivity contribution in [2.24, 2.45) is 0 Å². The first-order chi connectivity index (χ1) is 15.0. The lowest BCUT2D eigenvalue weighted by atomic mass is 10.1. The summed E-state index contributed by atoms with van der Waals surface area (Å²) in [5.41, 5.74) is 1.35. The first kappa shape index (κ1) is 20.5. The highest BCUT2D eigenvalue weighted by molar-refractivity contribution is 5.87. The second-order valence-electron chi connectivity index (χ2n) is 7.37. The molecule has 160 valence electrons. The molecule has 31 heavy (non-hydrogen) atoms. The number of anilines is 1. The van der Waals surface area contributed by atoms with Crippen LogP contribution in [0.15, 0.2) is 53.6 Å². The molecule has 10 nitrogen and oxygen atoms in total. The predicted octanol–water partition coefficient (Wildman–Crippen LogP) is 1.27. The van der Waals surface area contributed by atoms with Gasteiger partial charge in [0.2, 0.25) is 5.91 Å². The Bertz CT molecular complexity index is 1160. The number of hydrogen-bond acceptors (Lipinski definition) is 7. The van der Waals surface area contributed by atoms with Gasteiger partial charge in [-0.2, -0.15) is 0 Å². The number of benzene rings is 2. The zero-order valence-corrected chi connectivity index (χ0v) is 16.8. The van der Waals surface area contributed by atoms with Crippen molar-refractivity contribution in [3.8, 4) is 0 Å². The van der Waals surface area contributed by atoms with Crippen molar-refractivity contribution in [2.45, 2.75) is 6.54 Å². The van der Waals surface area contributed by atoms with Gasteiger partial charge in [-0.05, 0) is 11.6 Å². The monoisotopic (exact) mass is 422 g/mol. The maximum Gasteiger partial charge on any atom is 0.293 e. The number of hydrogen-bond donors (Lipinski definition) is 2. The summed E-state index contributed by atoms with van der Waals surface area (Å²) < 4.78 is 0. The summed E-state index contributed by atoms with van der Waals surface area (Å²) in [6.07, 6.45) is 1.28. The molecule has 2 heterocycles. The smallest absolute Gasteiger partial charge is 0.293 e. The number of nitro groups is 1. The van der Waals surface area contributed by atoms with E-state index in [9.17, 15) is 19.7 Å². The van der Waals surface area contributed by atoms with E-state index in [2.05, 4.69) is 15.3 Å². The topological polar surface area (TPSA) is 124 Å². The Morgan fingerprint density at radius 3 is 2.61 bits per heavy atom. The van der Waals surface area contributed by atoms with Gasteiger partial charge < -0.3 is 15.2 Å². The molecule has 0 aliphatic carbocycles. The van der Waals surface area contributed by atoms with Gasteiger partial charge in [-0.25, -0.2) is 4.98 Å². The lowest BCUT2D eigenvalue weighted by Crippen LogP contribution is -2.49. The summed E-state index contributed by atoms with van der Waals surface area (Å²) >= 11 is 0. The van der Waals surface area contributed by atoms with Gasteiger partial charge in [0, 0.05) is 38.8 Å². The molecule has 0 atom stereocenters. The molecule has 0 radical (unpaired) electrons. The van der Waals surface area contributed by atoms with Crippen LogP contribution in [0.2, 0.25) is 0 Å². The number of rotatable bonds is 6. The van der Waals surface area contributed by atoms with Gasteiger partial charge in [0.1, 0.15) is 5.69 Å². The van der Waals surface area contributed by atoms with Crippen LogP contribution in [0.25, 0.3) is 10.9 Å². The first-order valence-corrected chi connectivity index (χ1v) is 9.95. The molecule has 1 fully saturated rings. The lowest BCUT2D eigenvalue weighted by molar-refractivity contribution is -0.384. The Labute approximate surface area is 177 Å². The standard InChI is InChI=1S/C21H22N6O4/c28-20(22-12-15-4-2-1-3-5-15)13-25-6-8-26(9-7-25)18-11-17-16(10-19(18)27(30)31)21(29)24-14-23-17/h1-5,10-11,14H,6-9,12-13H2,(H,22,28)(H,23,24,29). The molecule has 1 amide bonds. The third-order valence-corrected chi connectivity index (χ3v) is 5.35. The molecule has 3 aromatic rings. The molecule has 0 unspecified atom stereocenters. The average molecular weight is 422 g/mol. The largest absolute Gasteiger partial charge is 0.363 e. The molecular weight excluding hydrogens is 400 g/mol. The minimum Gasteiger partial charge on any atom is -0.363 e. The molecule has 2 aromatic carbocycles. The molecule has 10 heteroatoms. The fraction of sp³-hybridized carbons (Fsp3) is 0.286. The number of H-pyrrole nitrogens is 1. The van der Waals surface area contributed by atoms with Crippen LogP contribution in [0.1, 0.15) is 5.56 Å². The van der Waals surface area contributed by atoms with Crippen molar-refractivity contribution < 1.29 is 9.72 Å². The van der Waals surface area contributed by atoms with E-state index < -0.39 is 10.5 Å². The highest BCUT2D eigenvalue weighted by Gasteiger charge is 2.26. The van der Waals surface area contributed by atoms with Gasteiger partial charge in [0.05, 0.1) is 28.7 Å². The maximum atomic E-state index is 12.3. The predicted molar refractivity (Wildman–Crippen MR) is 116 cm³/mol. The summed E-state index contributed by atoms with van der Waals surface area (Å²) in [5, 5.41) is 14.7. The fourth-order valence-corrected chi connectivity index (χ4v) is 3.69. The Balaban J connectivity index is 1.40. The minimum atomic E-state index is -0.482. The van der Waals surface area contributed by atoms with E-state index in [1.54, 1.807) is 6.07 Å². The van der Waals surface area contributed by atoms with E-state index in [1.165, 1.54) is 12.4 Å². The number of piperazine rings is 1.